The van der Waals surface area contributed by atoms with Gasteiger partial charge in [0.1, 0.15) is 5.75 Å². The van der Waals surface area contributed by atoms with Crippen molar-refractivity contribution in [1.29, 1.82) is 0 Å². The zero-order valence-corrected chi connectivity index (χ0v) is 18.7. The fourth-order valence-corrected chi connectivity index (χ4v) is 3.57. The highest BCUT2D eigenvalue weighted by Crippen LogP contribution is 2.40. The van der Waals surface area contributed by atoms with Gasteiger partial charge in [-0.3, -0.25) is 0 Å². The van der Waals surface area contributed by atoms with Gasteiger partial charge in [0.25, 0.3) is 0 Å². The van der Waals surface area contributed by atoms with Crippen LogP contribution in [0, 0.1) is 5.41 Å². The molecule has 1 aliphatic carbocycles. The number of ether oxygens (including phenoxy) is 2. The maximum Gasteiger partial charge on any atom is 0.191 e. The van der Waals surface area contributed by atoms with Gasteiger partial charge in [0.05, 0.1) is 13.7 Å². The quantitative estimate of drug-likeness (QED) is 0.323. The van der Waals surface area contributed by atoms with Crippen LogP contribution in [0.3, 0.4) is 0 Å². The molecule has 0 saturated heterocycles. The summed E-state index contributed by atoms with van der Waals surface area (Å²) in [4.78, 5) is 4.75. The van der Waals surface area contributed by atoms with Gasteiger partial charge in [0, 0.05) is 32.4 Å². The van der Waals surface area contributed by atoms with E-state index in [1.165, 1.54) is 25.7 Å². The summed E-state index contributed by atoms with van der Waals surface area (Å²) in [6.45, 7) is 5.33. The zero-order chi connectivity index (χ0) is 18.0. The third-order valence-electron chi connectivity index (χ3n) is 5.08. The van der Waals surface area contributed by atoms with Crippen LogP contribution in [0.5, 0.6) is 5.75 Å². The van der Waals surface area contributed by atoms with E-state index in [1.807, 2.05) is 18.2 Å². The van der Waals surface area contributed by atoms with Crippen molar-refractivity contribution in [2.24, 2.45) is 10.4 Å². The van der Waals surface area contributed by atoms with E-state index in [4.69, 9.17) is 14.5 Å². The fourth-order valence-electron chi connectivity index (χ4n) is 3.57. The Balaban J connectivity index is 0.00000338. The minimum absolute atomic E-state index is 0. The number of methoxy groups -OCH3 is 2. The van der Waals surface area contributed by atoms with E-state index >= 15 is 0 Å². The van der Waals surface area contributed by atoms with E-state index < -0.39 is 0 Å². The Morgan fingerprint density at radius 1 is 1.15 bits per heavy atom. The second-order valence-electron chi connectivity index (χ2n) is 6.81. The molecule has 1 aromatic rings. The van der Waals surface area contributed by atoms with Gasteiger partial charge in [0.15, 0.2) is 5.96 Å². The monoisotopic (exact) mass is 475 g/mol. The number of hydrogen-bond donors (Lipinski definition) is 2. The number of nitrogens with one attached hydrogen (secondary N) is 2. The molecule has 1 fully saturated rings. The standard InChI is InChI=1S/C20H33N3O2.HI/c1-4-21-19(22-15-17-9-5-6-10-18(17)25-3)23-16-20(13-14-24-2)11-7-8-12-20;/h5-6,9-10H,4,7-8,11-16H2,1-3H3,(H2,21,22,23);1H. The van der Waals surface area contributed by atoms with Crippen molar-refractivity contribution in [2.75, 3.05) is 33.9 Å². The van der Waals surface area contributed by atoms with Crippen molar-refractivity contribution < 1.29 is 9.47 Å². The van der Waals surface area contributed by atoms with Crippen molar-refractivity contribution >= 4 is 29.9 Å². The molecule has 0 heterocycles. The Bertz CT molecular complexity index is 546. The highest BCUT2D eigenvalue weighted by Gasteiger charge is 2.33. The molecule has 6 heteroatoms. The third kappa shape index (κ3) is 6.95. The number of para-hydroxylation sites is 1. The molecule has 0 atom stereocenters. The smallest absolute Gasteiger partial charge is 0.191 e. The van der Waals surface area contributed by atoms with E-state index in [1.54, 1.807) is 14.2 Å². The first-order chi connectivity index (χ1) is 12.2. The summed E-state index contributed by atoms with van der Waals surface area (Å²) < 4.78 is 10.7. The summed E-state index contributed by atoms with van der Waals surface area (Å²) in [6.07, 6.45) is 6.30. The average Bonchev–Trinajstić information content (AvgIpc) is 3.12. The molecule has 2 rings (SSSR count). The highest BCUT2D eigenvalue weighted by atomic mass is 127. The van der Waals surface area contributed by atoms with Gasteiger partial charge in [-0.1, -0.05) is 31.0 Å². The predicted octanol–water partition coefficient (Wildman–Crippen LogP) is 3.97. The molecular weight excluding hydrogens is 441 g/mol. The lowest BCUT2D eigenvalue weighted by molar-refractivity contribution is 0.138. The molecule has 148 valence electrons. The SMILES string of the molecule is CCNC(=NCc1ccccc1OC)NCC1(CCOC)CCCC1.I. The molecule has 2 N–H and O–H groups in total. The summed E-state index contributed by atoms with van der Waals surface area (Å²) in [5.41, 5.74) is 1.44. The van der Waals surface area contributed by atoms with Crippen molar-refractivity contribution in [2.45, 2.75) is 45.6 Å². The lowest BCUT2D eigenvalue weighted by Gasteiger charge is -2.30. The van der Waals surface area contributed by atoms with Crippen LogP contribution >= 0.6 is 24.0 Å². The van der Waals surface area contributed by atoms with E-state index in [-0.39, 0.29) is 24.0 Å². The Morgan fingerprint density at radius 3 is 2.54 bits per heavy atom. The fraction of sp³-hybridized carbons (Fsp3) is 0.650. The summed E-state index contributed by atoms with van der Waals surface area (Å²) >= 11 is 0. The van der Waals surface area contributed by atoms with Gasteiger partial charge in [-0.2, -0.15) is 0 Å². The van der Waals surface area contributed by atoms with Crippen LogP contribution in [0.25, 0.3) is 0 Å². The molecule has 1 aliphatic rings. The van der Waals surface area contributed by atoms with Crippen LogP contribution in [-0.4, -0.2) is 39.9 Å². The largest absolute Gasteiger partial charge is 0.496 e. The van der Waals surface area contributed by atoms with Gasteiger partial charge < -0.3 is 20.1 Å². The number of rotatable bonds is 9. The number of aliphatic imine (C=N–C) groups is 1. The summed E-state index contributed by atoms with van der Waals surface area (Å²) in [5.74, 6) is 1.76. The van der Waals surface area contributed by atoms with Crippen molar-refractivity contribution in [3.8, 4) is 5.75 Å². The maximum absolute atomic E-state index is 5.42. The average molecular weight is 475 g/mol. The van der Waals surface area contributed by atoms with E-state index in [9.17, 15) is 0 Å². The number of benzene rings is 1. The summed E-state index contributed by atoms with van der Waals surface area (Å²) in [5, 5.41) is 6.92. The van der Waals surface area contributed by atoms with Gasteiger partial charge in [-0.15, -0.1) is 24.0 Å². The van der Waals surface area contributed by atoms with Crippen LogP contribution in [0.15, 0.2) is 29.3 Å². The van der Waals surface area contributed by atoms with Crippen molar-refractivity contribution in [1.82, 2.24) is 10.6 Å². The van der Waals surface area contributed by atoms with Gasteiger partial charge >= 0.3 is 0 Å². The van der Waals surface area contributed by atoms with Gasteiger partial charge in [-0.05, 0) is 37.7 Å². The van der Waals surface area contributed by atoms with Crippen LogP contribution in [0.4, 0.5) is 0 Å². The minimum atomic E-state index is 0. The van der Waals surface area contributed by atoms with Crippen molar-refractivity contribution in [3.05, 3.63) is 29.8 Å². The highest BCUT2D eigenvalue weighted by molar-refractivity contribution is 14.0. The van der Waals surface area contributed by atoms with Crippen LogP contribution in [0.1, 0.15) is 44.6 Å². The Morgan fingerprint density at radius 2 is 1.88 bits per heavy atom. The number of guanidine groups is 1. The topological polar surface area (TPSA) is 54.9 Å². The first-order valence-corrected chi connectivity index (χ1v) is 9.36. The van der Waals surface area contributed by atoms with E-state index in [2.05, 4.69) is 23.6 Å². The molecule has 0 unspecified atom stereocenters. The second-order valence-corrected chi connectivity index (χ2v) is 6.81. The first kappa shape index (κ1) is 23.0. The molecule has 1 aromatic carbocycles. The Kier molecular flexibility index (Phi) is 11.0. The van der Waals surface area contributed by atoms with Gasteiger partial charge in [0.2, 0.25) is 0 Å². The molecule has 0 spiro atoms. The summed E-state index contributed by atoms with van der Waals surface area (Å²) in [7, 11) is 3.49. The molecular formula is C20H34IN3O2. The lowest BCUT2D eigenvalue weighted by atomic mass is 9.83. The maximum atomic E-state index is 5.42. The molecule has 1 saturated carbocycles. The molecule has 0 bridgehead atoms. The number of hydrogen-bond acceptors (Lipinski definition) is 3. The van der Waals surface area contributed by atoms with E-state index in [0.29, 0.717) is 12.0 Å². The van der Waals surface area contributed by atoms with Gasteiger partial charge in [-0.25, -0.2) is 4.99 Å². The molecule has 26 heavy (non-hydrogen) atoms. The van der Waals surface area contributed by atoms with Crippen molar-refractivity contribution in [3.63, 3.8) is 0 Å². The Labute approximate surface area is 175 Å². The summed E-state index contributed by atoms with van der Waals surface area (Å²) in [6, 6.07) is 8.04. The third-order valence-corrected chi connectivity index (χ3v) is 5.08. The molecule has 0 aromatic heterocycles. The minimum Gasteiger partial charge on any atom is -0.496 e. The first-order valence-electron chi connectivity index (χ1n) is 9.36. The second kappa shape index (κ2) is 12.4. The lowest BCUT2D eigenvalue weighted by Crippen LogP contribution is -2.43. The normalized spacial score (nSPS) is 16.0. The molecule has 0 radical (unpaired) electrons. The van der Waals surface area contributed by atoms with E-state index in [0.717, 1.165) is 43.4 Å². The van der Waals surface area contributed by atoms with Crippen LogP contribution < -0.4 is 15.4 Å². The van der Waals surface area contributed by atoms with Crippen LogP contribution in [-0.2, 0) is 11.3 Å². The molecule has 0 amide bonds. The predicted molar refractivity (Wildman–Crippen MR) is 119 cm³/mol. The molecule has 5 nitrogen and oxygen atoms in total. The number of halogens is 1. The van der Waals surface area contributed by atoms with Crippen LogP contribution in [0.2, 0.25) is 0 Å². The zero-order valence-electron chi connectivity index (χ0n) is 16.3. The molecule has 0 aliphatic heterocycles. The Hall–Kier alpha value is -1.02. The number of nitrogens with zero attached hydrogens (tertiary/aromatic N) is 1.